The standard InChI is InChI=1S/C51H34N4/c1-4-15-35(16-5-1)36-27-29-37(30-28-36)38-31-33-39(34-32-38)42-23-14-26-47(55-45-24-12-10-21-43(45)44-22-11-13-25-46(44)55)48(42)51-53-49(40-17-6-2-7-18-40)52-50(54-51)41-19-8-3-9-20-41/h1-34H/i10D,11D,12D,13D,21D,22D,24D,25D. The number of aromatic nitrogens is 4. The molecular formula is C51H34N4. The van der Waals surface area contributed by atoms with Gasteiger partial charge in [0.15, 0.2) is 17.5 Å². The smallest absolute Gasteiger partial charge is 0.166 e. The van der Waals surface area contributed by atoms with Crippen molar-refractivity contribution in [2.75, 3.05) is 0 Å². The van der Waals surface area contributed by atoms with E-state index in [2.05, 4.69) is 36.4 Å². The van der Waals surface area contributed by atoms with E-state index in [9.17, 15) is 2.74 Å². The van der Waals surface area contributed by atoms with Gasteiger partial charge in [0, 0.05) is 21.9 Å². The molecule has 0 spiro atoms. The molecule has 0 amide bonds. The minimum absolute atomic E-state index is 0.00341. The molecule has 0 N–H and O–H groups in total. The molecular weight excluding hydrogens is 669 g/mol. The quantitative estimate of drug-likeness (QED) is 0.165. The van der Waals surface area contributed by atoms with Crippen molar-refractivity contribution in [2.24, 2.45) is 0 Å². The van der Waals surface area contributed by atoms with Gasteiger partial charge in [-0.05, 0) is 51.5 Å². The lowest BCUT2D eigenvalue weighted by Crippen LogP contribution is -2.05. The van der Waals surface area contributed by atoms with Gasteiger partial charge in [0.25, 0.3) is 0 Å². The lowest BCUT2D eigenvalue weighted by molar-refractivity contribution is 1.06. The van der Waals surface area contributed by atoms with Gasteiger partial charge in [-0.1, -0.05) is 188 Å². The van der Waals surface area contributed by atoms with Crippen molar-refractivity contribution in [2.45, 2.75) is 0 Å². The number of benzene rings is 8. The van der Waals surface area contributed by atoms with Gasteiger partial charge in [0.1, 0.15) is 0 Å². The van der Waals surface area contributed by atoms with Gasteiger partial charge in [0.05, 0.1) is 33.3 Å². The van der Waals surface area contributed by atoms with E-state index in [4.69, 9.17) is 23.2 Å². The first kappa shape index (κ1) is 24.7. The average molecular weight is 711 g/mol. The van der Waals surface area contributed by atoms with Gasteiger partial charge in [-0.15, -0.1) is 0 Å². The molecule has 4 heteroatoms. The summed E-state index contributed by atoms with van der Waals surface area (Å²) in [5.41, 5.74) is 7.96. The summed E-state index contributed by atoms with van der Waals surface area (Å²) in [4.78, 5) is 15.2. The Kier molecular flexibility index (Phi) is 6.23. The molecule has 10 rings (SSSR count). The fraction of sp³-hybridized carbons (Fsp3) is 0. The van der Waals surface area contributed by atoms with E-state index in [-0.39, 0.29) is 27.6 Å². The maximum Gasteiger partial charge on any atom is 0.166 e. The minimum atomic E-state index is -0.514. The molecule has 2 heterocycles. The summed E-state index contributed by atoms with van der Waals surface area (Å²) in [7, 11) is 0. The summed E-state index contributed by atoms with van der Waals surface area (Å²) in [5, 5.41) is -0.0415. The summed E-state index contributed by atoms with van der Waals surface area (Å²) in [6.45, 7) is 0. The fourth-order valence-corrected chi connectivity index (χ4v) is 7.11. The van der Waals surface area contributed by atoms with E-state index in [1.807, 2.05) is 115 Å². The second kappa shape index (κ2) is 13.8. The Bertz CT molecular complexity index is 3260. The fourth-order valence-electron chi connectivity index (χ4n) is 7.11. The lowest BCUT2D eigenvalue weighted by Gasteiger charge is -2.18. The molecule has 4 nitrogen and oxygen atoms in total. The van der Waals surface area contributed by atoms with E-state index in [1.54, 1.807) is 6.07 Å². The van der Waals surface area contributed by atoms with Crippen molar-refractivity contribution in [3.8, 4) is 73.2 Å². The van der Waals surface area contributed by atoms with Crippen molar-refractivity contribution < 1.29 is 11.0 Å². The van der Waals surface area contributed by atoms with E-state index in [1.165, 1.54) is 4.57 Å². The molecule has 258 valence electrons. The van der Waals surface area contributed by atoms with Crippen LogP contribution in [0.5, 0.6) is 0 Å². The van der Waals surface area contributed by atoms with Crippen molar-refractivity contribution in [3.63, 3.8) is 0 Å². The summed E-state index contributed by atoms with van der Waals surface area (Å²) >= 11 is 0. The Morgan fingerprint density at radius 1 is 0.345 bits per heavy atom. The number of fused-ring (bicyclic) bond motifs is 3. The van der Waals surface area contributed by atoms with Crippen LogP contribution in [0, 0.1) is 0 Å². The summed E-state index contributed by atoms with van der Waals surface area (Å²) in [6, 6.07) is 47.6. The topological polar surface area (TPSA) is 43.6 Å². The van der Waals surface area contributed by atoms with Crippen LogP contribution in [0.1, 0.15) is 11.0 Å². The maximum absolute atomic E-state index is 9.28. The molecule has 0 unspecified atom stereocenters. The highest BCUT2D eigenvalue weighted by Gasteiger charge is 2.22. The van der Waals surface area contributed by atoms with Gasteiger partial charge in [0.2, 0.25) is 0 Å². The van der Waals surface area contributed by atoms with Gasteiger partial charge in [-0.3, -0.25) is 0 Å². The molecule has 2 aromatic heterocycles. The molecule has 0 aliphatic rings. The van der Waals surface area contributed by atoms with Gasteiger partial charge in [-0.2, -0.15) is 0 Å². The lowest BCUT2D eigenvalue weighted by atomic mass is 9.94. The number of hydrogen-bond donors (Lipinski definition) is 0. The summed E-state index contributed by atoms with van der Waals surface area (Å²) < 4.78 is 73.0. The van der Waals surface area contributed by atoms with Crippen molar-refractivity contribution in [1.29, 1.82) is 0 Å². The van der Waals surface area contributed by atoms with E-state index < -0.39 is 48.3 Å². The molecule has 0 bridgehead atoms. The van der Waals surface area contributed by atoms with Crippen molar-refractivity contribution in [3.05, 3.63) is 206 Å². The number of hydrogen-bond acceptors (Lipinski definition) is 3. The Balaban J connectivity index is 1.28. The zero-order chi connectivity index (χ0) is 43.5. The Morgan fingerprint density at radius 3 is 1.24 bits per heavy atom. The monoisotopic (exact) mass is 710 g/mol. The van der Waals surface area contributed by atoms with Crippen LogP contribution in [0.15, 0.2) is 206 Å². The first-order valence-corrected chi connectivity index (χ1v) is 17.9. The van der Waals surface area contributed by atoms with Crippen LogP contribution in [-0.4, -0.2) is 19.5 Å². The molecule has 0 saturated heterocycles. The van der Waals surface area contributed by atoms with E-state index >= 15 is 0 Å². The van der Waals surface area contributed by atoms with Crippen molar-refractivity contribution in [1.82, 2.24) is 19.5 Å². The second-order valence-corrected chi connectivity index (χ2v) is 13.0. The number of nitrogens with zero attached hydrogens (tertiary/aromatic N) is 4. The third kappa shape index (κ3) is 5.96. The van der Waals surface area contributed by atoms with Crippen LogP contribution in [0.25, 0.3) is 95.0 Å². The Hall–Kier alpha value is -7.43. The highest BCUT2D eigenvalue weighted by Crippen LogP contribution is 2.41. The predicted octanol–water partition coefficient (Wildman–Crippen LogP) is 13.0. The van der Waals surface area contributed by atoms with Gasteiger partial charge in [-0.25, -0.2) is 15.0 Å². The first-order chi connectivity index (χ1) is 30.6. The van der Waals surface area contributed by atoms with Crippen molar-refractivity contribution >= 4 is 21.8 Å². The van der Waals surface area contributed by atoms with Crippen LogP contribution in [-0.2, 0) is 0 Å². The third-order valence-corrected chi connectivity index (χ3v) is 9.76. The van der Waals surface area contributed by atoms with E-state index in [0.717, 1.165) is 38.9 Å². The van der Waals surface area contributed by atoms with Gasteiger partial charge >= 0.3 is 0 Å². The Morgan fingerprint density at radius 2 is 0.745 bits per heavy atom. The zero-order valence-electron chi connectivity index (χ0n) is 37.3. The van der Waals surface area contributed by atoms with Crippen LogP contribution in [0.4, 0.5) is 0 Å². The predicted molar refractivity (Wildman–Crippen MR) is 227 cm³/mol. The maximum atomic E-state index is 9.28. The van der Waals surface area contributed by atoms with Crippen LogP contribution in [0.2, 0.25) is 0 Å². The molecule has 8 aromatic carbocycles. The summed E-state index contributed by atoms with van der Waals surface area (Å²) in [5.74, 6) is 1.02. The van der Waals surface area contributed by atoms with Crippen LogP contribution < -0.4 is 0 Å². The normalized spacial score (nSPS) is 13.3. The molecule has 55 heavy (non-hydrogen) atoms. The van der Waals surface area contributed by atoms with Crippen LogP contribution >= 0.6 is 0 Å². The molecule has 10 aromatic rings. The number of rotatable bonds is 7. The molecule has 0 aliphatic heterocycles. The Labute approximate surface area is 331 Å². The molecule has 0 fully saturated rings. The minimum Gasteiger partial charge on any atom is -0.308 e. The number of para-hydroxylation sites is 2. The zero-order valence-corrected chi connectivity index (χ0v) is 29.3. The average Bonchev–Trinajstić information content (AvgIpc) is 3.71. The molecule has 0 radical (unpaired) electrons. The second-order valence-electron chi connectivity index (χ2n) is 13.0. The highest BCUT2D eigenvalue weighted by molar-refractivity contribution is 6.10. The molecule has 0 saturated carbocycles. The van der Waals surface area contributed by atoms with Gasteiger partial charge < -0.3 is 4.57 Å². The van der Waals surface area contributed by atoms with Crippen LogP contribution in [0.3, 0.4) is 0 Å². The SMILES string of the molecule is [2H]c1c([2H])c([2H])c2c(c1[2H])c1c([2H])c([2H])c([2H])c([2H])c1n2-c1cccc(-c2ccc(-c3ccc(-c4ccccc4)cc3)cc2)c1-c1nc(-c2ccccc2)nc(-c2ccccc2)n1. The first-order valence-electron chi connectivity index (χ1n) is 21.9. The third-order valence-electron chi connectivity index (χ3n) is 9.76. The summed E-state index contributed by atoms with van der Waals surface area (Å²) in [6.07, 6.45) is 0. The highest BCUT2D eigenvalue weighted by atomic mass is 15.1. The molecule has 0 aliphatic carbocycles. The van der Waals surface area contributed by atoms with E-state index in [0.29, 0.717) is 28.5 Å². The molecule has 0 atom stereocenters. The largest absolute Gasteiger partial charge is 0.308 e.